The number of aromatic nitrogens is 1. The predicted molar refractivity (Wildman–Crippen MR) is 90.7 cm³/mol. The Morgan fingerprint density at radius 2 is 2.05 bits per heavy atom. The second kappa shape index (κ2) is 6.37. The average molecular weight is 420 g/mol. The third-order valence-electron chi connectivity index (χ3n) is 3.01. The van der Waals surface area contributed by atoms with Gasteiger partial charge >= 0.3 is 0 Å². The summed E-state index contributed by atoms with van der Waals surface area (Å²) < 4.78 is 30.1. The van der Waals surface area contributed by atoms with Gasteiger partial charge in [-0.15, -0.1) is 0 Å². The van der Waals surface area contributed by atoms with E-state index in [4.69, 9.17) is 0 Å². The molecule has 0 saturated carbocycles. The zero-order valence-electron chi connectivity index (χ0n) is 11.7. The van der Waals surface area contributed by atoms with Crippen LogP contribution in [0.3, 0.4) is 0 Å². The van der Waals surface area contributed by atoms with Gasteiger partial charge in [-0.1, -0.05) is 6.07 Å². The molecule has 114 valence electrons. The van der Waals surface area contributed by atoms with Crippen molar-refractivity contribution in [3.8, 4) is 0 Å². The minimum atomic E-state index is -3.66. The molecule has 0 atom stereocenters. The van der Waals surface area contributed by atoms with Gasteiger partial charge in [0, 0.05) is 27.2 Å². The van der Waals surface area contributed by atoms with E-state index in [0.717, 1.165) is 3.57 Å². The Hall–Kier alpha value is -1.06. The van der Waals surface area contributed by atoms with E-state index in [0.29, 0.717) is 11.4 Å². The highest BCUT2D eigenvalue weighted by Crippen LogP contribution is 2.22. The van der Waals surface area contributed by atoms with E-state index in [1.54, 1.807) is 29.0 Å². The number of aliphatic hydroxyl groups is 1. The number of rotatable bonds is 5. The highest BCUT2D eigenvalue weighted by molar-refractivity contribution is 14.1. The fourth-order valence-electron chi connectivity index (χ4n) is 2.02. The van der Waals surface area contributed by atoms with E-state index in [-0.39, 0.29) is 17.5 Å². The number of hydrogen-bond acceptors (Lipinski definition) is 3. The van der Waals surface area contributed by atoms with Crippen molar-refractivity contribution in [2.45, 2.75) is 31.4 Å². The van der Waals surface area contributed by atoms with Gasteiger partial charge < -0.3 is 9.67 Å². The van der Waals surface area contributed by atoms with E-state index in [1.165, 1.54) is 6.07 Å². The molecule has 1 aromatic heterocycles. The first-order chi connectivity index (χ1) is 9.83. The second-order valence-corrected chi connectivity index (χ2v) is 7.87. The highest BCUT2D eigenvalue weighted by Gasteiger charge is 2.19. The fraction of sp³-hybridized carbons (Fsp3) is 0.286. The summed E-state index contributed by atoms with van der Waals surface area (Å²) in [6.45, 7) is 3.67. The molecule has 0 radical (unpaired) electrons. The number of anilines is 1. The van der Waals surface area contributed by atoms with Gasteiger partial charge in [0.15, 0.2) is 0 Å². The van der Waals surface area contributed by atoms with Crippen LogP contribution in [0.2, 0.25) is 0 Å². The van der Waals surface area contributed by atoms with Crippen molar-refractivity contribution in [3.63, 3.8) is 0 Å². The topological polar surface area (TPSA) is 71.3 Å². The molecule has 0 fully saturated rings. The summed E-state index contributed by atoms with van der Waals surface area (Å²) in [4.78, 5) is 0.152. The molecule has 0 spiro atoms. The molecule has 0 aliphatic carbocycles. The molecular formula is C14H17IN2O3S. The number of hydrogen-bond donors (Lipinski definition) is 2. The van der Waals surface area contributed by atoms with Gasteiger partial charge in [-0.2, -0.15) is 0 Å². The Kier molecular flexibility index (Phi) is 4.95. The second-order valence-electron chi connectivity index (χ2n) is 4.94. The number of sulfonamides is 1. The van der Waals surface area contributed by atoms with Crippen molar-refractivity contribution in [1.29, 1.82) is 0 Å². The summed E-state index contributed by atoms with van der Waals surface area (Å²) in [5.74, 6) is 0. The molecule has 1 heterocycles. The van der Waals surface area contributed by atoms with Crippen LogP contribution in [0.4, 0.5) is 5.69 Å². The van der Waals surface area contributed by atoms with Gasteiger partial charge in [0.1, 0.15) is 4.90 Å². The lowest BCUT2D eigenvalue weighted by Crippen LogP contribution is -2.12. The zero-order chi connectivity index (χ0) is 15.6. The van der Waals surface area contributed by atoms with Crippen molar-refractivity contribution in [3.05, 3.63) is 45.8 Å². The third kappa shape index (κ3) is 3.78. The fourth-order valence-corrected chi connectivity index (χ4v) is 3.66. The Morgan fingerprint density at radius 3 is 2.57 bits per heavy atom. The molecule has 0 unspecified atom stereocenters. The first-order valence-corrected chi connectivity index (χ1v) is 8.99. The van der Waals surface area contributed by atoms with Crippen LogP contribution in [0.25, 0.3) is 0 Å². The van der Waals surface area contributed by atoms with E-state index in [2.05, 4.69) is 27.3 Å². The maximum Gasteiger partial charge on any atom is 0.263 e. The molecule has 7 heteroatoms. The summed E-state index contributed by atoms with van der Waals surface area (Å²) in [6.07, 6.45) is 1.55. The van der Waals surface area contributed by atoms with Gasteiger partial charge in [-0.25, -0.2) is 8.42 Å². The maximum atomic E-state index is 12.4. The van der Waals surface area contributed by atoms with E-state index < -0.39 is 10.0 Å². The van der Waals surface area contributed by atoms with E-state index in [9.17, 15) is 13.5 Å². The lowest BCUT2D eigenvalue weighted by Gasteiger charge is -2.10. The van der Waals surface area contributed by atoms with Crippen molar-refractivity contribution >= 4 is 38.3 Å². The lowest BCUT2D eigenvalue weighted by atomic mass is 10.3. The Balaban J connectivity index is 2.36. The van der Waals surface area contributed by atoms with Crippen molar-refractivity contribution in [2.75, 3.05) is 4.72 Å². The number of nitrogens with one attached hydrogen (secondary N) is 1. The summed E-state index contributed by atoms with van der Waals surface area (Å²) >= 11 is 2.12. The Bertz CT molecular complexity index is 738. The van der Waals surface area contributed by atoms with Gasteiger partial charge in [-0.3, -0.25) is 4.72 Å². The van der Waals surface area contributed by atoms with Crippen LogP contribution in [0.15, 0.2) is 41.4 Å². The standard InChI is InChI=1S/C14H17IN2O3S/c1-10(2)17-8-14(7-13(17)9-18)21(19,20)16-12-5-3-4-11(15)6-12/h3-8,10,16,18H,9H2,1-2H3. The minimum absolute atomic E-state index is 0.0776. The number of aliphatic hydroxyl groups excluding tert-OH is 1. The lowest BCUT2D eigenvalue weighted by molar-refractivity contribution is 0.268. The van der Waals surface area contributed by atoms with Gasteiger partial charge in [0.2, 0.25) is 0 Å². The van der Waals surface area contributed by atoms with E-state index in [1.807, 2.05) is 19.9 Å². The third-order valence-corrected chi connectivity index (χ3v) is 5.03. The van der Waals surface area contributed by atoms with E-state index >= 15 is 0 Å². The van der Waals surface area contributed by atoms with Crippen molar-refractivity contribution in [2.24, 2.45) is 0 Å². The molecule has 21 heavy (non-hydrogen) atoms. The molecular weight excluding hydrogens is 403 g/mol. The molecule has 0 saturated heterocycles. The zero-order valence-corrected chi connectivity index (χ0v) is 14.7. The normalized spacial score (nSPS) is 11.9. The van der Waals surface area contributed by atoms with Crippen LogP contribution in [-0.2, 0) is 16.6 Å². The monoisotopic (exact) mass is 420 g/mol. The maximum absolute atomic E-state index is 12.4. The van der Waals surface area contributed by atoms with Gasteiger partial charge in [0.05, 0.1) is 6.61 Å². The first kappa shape index (κ1) is 16.3. The first-order valence-electron chi connectivity index (χ1n) is 6.43. The summed E-state index contributed by atoms with van der Waals surface area (Å²) in [6, 6.07) is 8.70. The minimum Gasteiger partial charge on any atom is -0.390 e. The van der Waals surface area contributed by atoms with Crippen LogP contribution in [0.5, 0.6) is 0 Å². The van der Waals surface area contributed by atoms with Crippen LogP contribution >= 0.6 is 22.6 Å². The van der Waals surface area contributed by atoms with Crippen LogP contribution in [0, 0.1) is 3.57 Å². The van der Waals surface area contributed by atoms with Crippen molar-refractivity contribution in [1.82, 2.24) is 4.57 Å². The molecule has 0 aliphatic rings. The Labute approximate surface area is 138 Å². The molecule has 0 amide bonds. The number of halogens is 1. The molecule has 0 bridgehead atoms. The number of nitrogens with zero attached hydrogens (tertiary/aromatic N) is 1. The molecule has 5 nitrogen and oxygen atoms in total. The molecule has 2 N–H and O–H groups in total. The molecule has 2 rings (SSSR count). The summed E-state index contributed by atoms with van der Waals surface area (Å²) in [5.41, 5.74) is 1.10. The predicted octanol–water partition coefficient (Wildman–Crippen LogP) is 2.97. The smallest absolute Gasteiger partial charge is 0.263 e. The molecule has 2 aromatic rings. The summed E-state index contributed by atoms with van der Waals surface area (Å²) in [5, 5.41) is 9.34. The quantitative estimate of drug-likeness (QED) is 0.731. The highest BCUT2D eigenvalue weighted by atomic mass is 127. The van der Waals surface area contributed by atoms with Crippen LogP contribution in [0.1, 0.15) is 25.6 Å². The molecule has 0 aliphatic heterocycles. The van der Waals surface area contributed by atoms with Crippen LogP contribution in [-0.4, -0.2) is 18.1 Å². The van der Waals surface area contributed by atoms with Gasteiger partial charge in [0.25, 0.3) is 10.0 Å². The Morgan fingerprint density at radius 1 is 1.33 bits per heavy atom. The van der Waals surface area contributed by atoms with Crippen LogP contribution < -0.4 is 4.72 Å². The largest absolute Gasteiger partial charge is 0.390 e. The number of benzene rings is 1. The SMILES string of the molecule is CC(C)n1cc(S(=O)(=O)Nc2cccc(I)c2)cc1CO. The summed E-state index contributed by atoms with van der Waals surface area (Å²) in [7, 11) is -3.66. The molecule has 1 aromatic carbocycles. The van der Waals surface area contributed by atoms with Crippen molar-refractivity contribution < 1.29 is 13.5 Å². The average Bonchev–Trinajstić information content (AvgIpc) is 2.83. The van der Waals surface area contributed by atoms with Gasteiger partial charge in [-0.05, 0) is 60.7 Å².